The first-order chi connectivity index (χ1) is 15.8. The molecular weight excluding hydrogens is 444 g/mol. The molecule has 0 fully saturated rings. The summed E-state index contributed by atoms with van der Waals surface area (Å²) in [5, 5.41) is 3.22. The second-order valence-electron chi connectivity index (χ2n) is 7.44. The van der Waals surface area contributed by atoms with Gasteiger partial charge in [-0.15, -0.1) is 0 Å². The predicted octanol–water partition coefficient (Wildman–Crippen LogP) is 4.70. The van der Waals surface area contributed by atoms with Gasteiger partial charge in [0, 0.05) is 41.2 Å². The van der Waals surface area contributed by atoms with Gasteiger partial charge >= 0.3 is 5.97 Å². The third-order valence-corrected chi connectivity index (χ3v) is 5.48. The van der Waals surface area contributed by atoms with E-state index >= 15 is 0 Å². The third kappa shape index (κ3) is 5.88. The van der Waals surface area contributed by atoms with Gasteiger partial charge in [0.2, 0.25) is 5.78 Å². The average Bonchev–Trinajstić information content (AvgIpc) is 3.09. The monoisotopic (exact) mass is 468 g/mol. The van der Waals surface area contributed by atoms with E-state index in [4.69, 9.17) is 21.1 Å². The van der Waals surface area contributed by atoms with Gasteiger partial charge in [0.25, 0.3) is 5.91 Å². The summed E-state index contributed by atoms with van der Waals surface area (Å²) in [6.45, 7) is 4.50. The number of esters is 1. The van der Waals surface area contributed by atoms with Crippen LogP contribution < -0.4 is 5.32 Å². The van der Waals surface area contributed by atoms with Crippen LogP contribution in [0.3, 0.4) is 0 Å². The van der Waals surface area contributed by atoms with E-state index in [1.807, 2.05) is 18.4 Å². The Hall–Kier alpha value is -3.42. The molecule has 1 amide bonds. The topological polar surface area (TPSA) is 86.6 Å². The number of ketones is 1. The Bertz CT molecular complexity index is 1170. The molecular formula is C25H25ClN2O5. The first kappa shape index (κ1) is 24.2. The van der Waals surface area contributed by atoms with Crippen LogP contribution in [0.2, 0.25) is 5.02 Å². The molecule has 1 N–H and O–H groups in total. The van der Waals surface area contributed by atoms with Crippen molar-refractivity contribution >= 4 is 34.9 Å². The van der Waals surface area contributed by atoms with Crippen LogP contribution in [-0.4, -0.2) is 42.6 Å². The van der Waals surface area contributed by atoms with Gasteiger partial charge in [-0.05, 0) is 56.3 Å². The number of Topliss-reactive ketones (excluding diaryl/α,β-unsaturated/α-hetero) is 1. The number of carbonyl (C=O) groups is 3. The van der Waals surface area contributed by atoms with Gasteiger partial charge in [0.15, 0.2) is 6.61 Å². The second-order valence-corrected chi connectivity index (χ2v) is 7.87. The Morgan fingerprint density at radius 2 is 1.70 bits per heavy atom. The number of nitrogens with one attached hydrogen (secondary N) is 1. The molecule has 0 aliphatic heterocycles. The lowest BCUT2D eigenvalue weighted by atomic mass is 10.1. The lowest BCUT2D eigenvalue weighted by Gasteiger charge is -2.11. The highest BCUT2D eigenvalue weighted by Gasteiger charge is 2.20. The lowest BCUT2D eigenvalue weighted by Crippen LogP contribution is -2.18. The van der Waals surface area contributed by atoms with Crippen molar-refractivity contribution in [3.8, 4) is 0 Å². The summed E-state index contributed by atoms with van der Waals surface area (Å²) >= 11 is 5.86. The van der Waals surface area contributed by atoms with E-state index in [9.17, 15) is 14.4 Å². The highest BCUT2D eigenvalue weighted by molar-refractivity contribution is 6.30. The van der Waals surface area contributed by atoms with E-state index < -0.39 is 18.5 Å². The number of nitrogens with zero attached hydrogens (tertiary/aromatic N) is 1. The fourth-order valence-electron chi connectivity index (χ4n) is 3.46. The van der Waals surface area contributed by atoms with Crippen LogP contribution in [0, 0.1) is 13.8 Å². The van der Waals surface area contributed by atoms with Crippen molar-refractivity contribution in [2.24, 2.45) is 0 Å². The van der Waals surface area contributed by atoms with Crippen molar-refractivity contribution in [2.45, 2.75) is 20.4 Å². The maximum absolute atomic E-state index is 12.7. The van der Waals surface area contributed by atoms with E-state index in [1.54, 1.807) is 55.6 Å². The first-order valence-electron chi connectivity index (χ1n) is 10.3. The molecule has 0 bridgehead atoms. The predicted molar refractivity (Wildman–Crippen MR) is 126 cm³/mol. The van der Waals surface area contributed by atoms with Crippen molar-refractivity contribution in [3.63, 3.8) is 0 Å². The number of halogens is 1. The summed E-state index contributed by atoms with van der Waals surface area (Å²) in [5.74, 6) is -1.40. The molecule has 1 aromatic heterocycles. The lowest BCUT2D eigenvalue weighted by molar-refractivity contribution is 0.0475. The quantitative estimate of drug-likeness (QED) is 0.363. The minimum atomic E-state index is -0.705. The molecule has 8 heteroatoms. The number of aryl methyl sites for hydroxylation is 1. The van der Waals surface area contributed by atoms with Gasteiger partial charge in [0.05, 0.1) is 17.9 Å². The molecule has 0 saturated heterocycles. The number of hydrogen-bond acceptors (Lipinski definition) is 5. The van der Waals surface area contributed by atoms with Crippen LogP contribution in [0.4, 0.5) is 5.69 Å². The number of rotatable bonds is 9. The first-order valence-corrected chi connectivity index (χ1v) is 10.7. The van der Waals surface area contributed by atoms with Crippen LogP contribution in [0.5, 0.6) is 0 Å². The Kier molecular flexibility index (Phi) is 8.03. The number of para-hydroxylation sites is 1. The van der Waals surface area contributed by atoms with E-state index in [2.05, 4.69) is 5.32 Å². The molecule has 0 unspecified atom stereocenters. The number of ether oxygens (including phenoxy) is 2. The number of benzene rings is 2. The van der Waals surface area contributed by atoms with E-state index in [-0.39, 0.29) is 17.0 Å². The molecule has 0 aliphatic carbocycles. The number of hydrogen-bond donors (Lipinski definition) is 1. The standard InChI is InChI=1S/C25H25ClN2O5/c1-16-14-21(17(2)28(16)12-13-32-3)23(29)15-33-25(31)20-6-4-5-7-22(20)27-24(30)18-8-10-19(26)11-9-18/h4-11,14H,12-13,15H2,1-3H3,(H,27,30). The molecule has 0 radical (unpaired) electrons. The molecule has 0 aliphatic rings. The van der Waals surface area contributed by atoms with Gasteiger partial charge in [-0.1, -0.05) is 23.7 Å². The molecule has 7 nitrogen and oxygen atoms in total. The summed E-state index contributed by atoms with van der Waals surface area (Å²) in [6.07, 6.45) is 0. The van der Waals surface area contributed by atoms with Crippen LogP contribution in [0.15, 0.2) is 54.6 Å². The summed E-state index contributed by atoms with van der Waals surface area (Å²) in [6, 6.07) is 14.6. The molecule has 3 rings (SSSR count). The molecule has 172 valence electrons. The zero-order chi connectivity index (χ0) is 24.0. The van der Waals surface area contributed by atoms with E-state index in [0.29, 0.717) is 29.3 Å². The van der Waals surface area contributed by atoms with Crippen LogP contribution in [0.25, 0.3) is 0 Å². The largest absolute Gasteiger partial charge is 0.454 e. The SMILES string of the molecule is COCCn1c(C)cc(C(=O)COC(=O)c2ccccc2NC(=O)c2ccc(Cl)cc2)c1C. The Balaban J connectivity index is 1.68. The minimum Gasteiger partial charge on any atom is -0.454 e. The summed E-state index contributed by atoms with van der Waals surface area (Å²) < 4.78 is 12.4. The molecule has 0 saturated carbocycles. The number of amides is 1. The highest BCUT2D eigenvalue weighted by atomic mass is 35.5. The normalized spacial score (nSPS) is 10.7. The Morgan fingerprint density at radius 3 is 2.39 bits per heavy atom. The molecule has 2 aromatic carbocycles. The fourth-order valence-corrected chi connectivity index (χ4v) is 3.59. The van der Waals surface area contributed by atoms with Gasteiger partial charge < -0.3 is 19.4 Å². The zero-order valence-corrected chi connectivity index (χ0v) is 19.4. The maximum atomic E-state index is 12.7. The van der Waals surface area contributed by atoms with Gasteiger partial charge in [-0.2, -0.15) is 0 Å². The Morgan fingerprint density at radius 1 is 1.00 bits per heavy atom. The summed E-state index contributed by atoms with van der Waals surface area (Å²) in [5.41, 5.74) is 3.05. The number of anilines is 1. The Labute approximate surface area is 197 Å². The smallest absolute Gasteiger partial charge is 0.340 e. The summed E-state index contributed by atoms with van der Waals surface area (Å²) in [4.78, 5) is 37.9. The molecule has 3 aromatic rings. The third-order valence-electron chi connectivity index (χ3n) is 5.23. The van der Waals surface area contributed by atoms with Crippen molar-refractivity contribution in [1.82, 2.24) is 4.57 Å². The van der Waals surface area contributed by atoms with Crippen molar-refractivity contribution in [3.05, 3.63) is 87.7 Å². The number of methoxy groups -OCH3 is 1. The molecule has 0 spiro atoms. The van der Waals surface area contributed by atoms with Crippen LogP contribution >= 0.6 is 11.6 Å². The minimum absolute atomic E-state index is 0.151. The maximum Gasteiger partial charge on any atom is 0.340 e. The molecule has 33 heavy (non-hydrogen) atoms. The van der Waals surface area contributed by atoms with Crippen molar-refractivity contribution in [2.75, 3.05) is 25.6 Å². The molecule has 1 heterocycles. The van der Waals surface area contributed by atoms with Crippen LogP contribution in [-0.2, 0) is 16.0 Å². The van der Waals surface area contributed by atoms with Gasteiger partial charge in [0.1, 0.15) is 0 Å². The van der Waals surface area contributed by atoms with Crippen molar-refractivity contribution in [1.29, 1.82) is 0 Å². The van der Waals surface area contributed by atoms with Gasteiger partial charge in [-0.3, -0.25) is 9.59 Å². The van der Waals surface area contributed by atoms with Crippen LogP contribution in [0.1, 0.15) is 42.5 Å². The number of carbonyl (C=O) groups excluding carboxylic acids is 3. The number of aromatic nitrogens is 1. The average molecular weight is 469 g/mol. The highest BCUT2D eigenvalue weighted by Crippen LogP contribution is 2.20. The second kappa shape index (κ2) is 10.9. The molecule has 0 atom stereocenters. The zero-order valence-electron chi connectivity index (χ0n) is 18.7. The fraction of sp³-hybridized carbons (Fsp3) is 0.240. The van der Waals surface area contributed by atoms with Gasteiger partial charge in [-0.25, -0.2) is 4.79 Å². The van der Waals surface area contributed by atoms with E-state index in [1.165, 1.54) is 6.07 Å². The van der Waals surface area contributed by atoms with Crippen molar-refractivity contribution < 1.29 is 23.9 Å². The van der Waals surface area contributed by atoms with E-state index in [0.717, 1.165) is 11.4 Å². The summed E-state index contributed by atoms with van der Waals surface area (Å²) in [7, 11) is 1.62.